The second-order valence-electron chi connectivity index (χ2n) is 7.80. The van der Waals surface area contributed by atoms with Gasteiger partial charge >= 0.3 is 0 Å². The lowest BCUT2D eigenvalue weighted by atomic mass is 10.2. The summed E-state index contributed by atoms with van der Waals surface area (Å²) in [6.07, 6.45) is 5.89. The average molecular weight is 446 g/mol. The summed E-state index contributed by atoms with van der Waals surface area (Å²) in [5.41, 5.74) is 1.98. The molecule has 2 aromatic heterocycles. The maximum atomic E-state index is 13.3. The van der Waals surface area contributed by atoms with Crippen molar-refractivity contribution in [3.05, 3.63) is 78.2 Å². The first kappa shape index (κ1) is 22.3. The second-order valence-corrected chi connectivity index (χ2v) is 7.80. The fraction of sp³-hybridized carbons (Fsp3) is 0.280. The summed E-state index contributed by atoms with van der Waals surface area (Å²) >= 11 is 0. The number of nitrogens with one attached hydrogen (secondary N) is 2. The lowest BCUT2D eigenvalue weighted by Gasteiger charge is -2.23. The molecule has 1 aliphatic rings. The lowest BCUT2D eigenvalue weighted by Crippen LogP contribution is -2.41. The van der Waals surface area contributed by atoms with E-state index >= 15 is 0 Å². The van der Waals surface area contributed by atoms with Gasteiger partial charge in [0.15, 0.2) is 0 Å². The minimum absolute atomic E-state index is 0.0300. The van der Waals surface area contributed by atoms with E-state index in [1.54, 1.807) is 35.5 Å². The van der Waals surface area contributed by atoms with Gasteiger partial charge in [0.25, 0.3) is 5.91 Å². The van der Waals surface area contributed by atoms with Gasteiger partial charge in [0.05, 0.1) is 18.8 Å². The van der Waals surface area contributed by atoms with Gasteiger partial charge in [-0.05, 0) is 55.2 Å². The third kappa shape index (κ3) is 6.29. The minimum Gasteiger partial charge on any atom is -0.491 e. The third-order valence-electron chi connectivity index (χ3n) is 5.28. The molecule has 2 bridgehead atoms. The van der Waals surface area contributed by atoms with Crippen LogP contribution in [0, 0.1) is 0 Å². The summed E-state index contributed by atoms with van der Waals surface area (Å²) in [7, 11) is 0. The largest absolute Gasteiger partial charge is 0.491 e. The number of ether oxygens (including phenoxy) is 1. The molecule has 0 spiro atoms. The molecule has 1 aliphatic heterocycles. The Balaban J connectivity index is 1.49. The molecule has 0 radical (unpaired) electrons. The van der Waals surface area contributed by atoms with Gasteiger partial charge in [-0.3, -0.25) is 14.6 Å². The number of rotatable bonds is 4. The fourth-order valence-electron chi connectivity index (χ4n) is 3.57. The zero-order valence-corrected chi connectivity index (χ0v) is 18.4. The van der Waals surface area contributed by atoms with Crippen LogP contribution < -0.4 is 15.4 Å². The van der Waals surface area contributed by atoms with Gasteiger partial charge in [0.1, 0.15) is 17.3 Å². The maximum Gasteiger partial charge on any atom is 0.273 e. The van der Waals surface area contributed by atoms with Crippen molar-refractivity contribution < 1.29 is 14.3 Å². The smallest absolute Gasteiger partial charge is 0.273 e. The first-order valence-corrected chi connectivity index (χ1v) is 11.1. The molecule has 0 fully saturated rings. The van der Waals surface area contributed by atoms with Crippen LogP contribution in [0.25, 0.3) is 0 Å². The number of benzene rings is 1. The van der Waals surface area contributed by atoms with Crippen LogP contribution in [-0.2, 0) is 11.3 Å². The highest BCUT2D eigenvalue weighted by molar-refractivity contribution is 5.95. The Kier molecular flexibility index (Phi) is 7.48. The number of aromatic nitrogens is 2. The number of para-hydroxylation sites is 2. The Labute approximate surface area is 193 Å². The second kappa shape index (κ2) is 11.1. The zero-order valence-electron chi connectivity index (χ0n) is 18.4. The molecule has 0 saturated heterocycles. The number of hydrogen-bond donors (Lipinski definition) is 2. The first-order chi connectivity index (χ1) is 16.2. The molecule has 3 aromatic rings. The van der Waals surface area contributed by atoms with E-state index < -0.39 is 0 Å². The van der Waals surface area contributed by atoms with Gasteiger partial charge in [-0.15, -0.1) is 0 Å². The molecule has 8 heteroatoms. The standard InChI is InChI=1S/C25H27N5O3/c31-24(27-17-19-8-7-13-26-16-19)18-30-14-4-1-5-15-33-22-11-3-2-9-20(22)28-23-12-6-10-21(29-23)25(30)32/h2-3,6-13,16H,1,4-5,14-15,17-18H2,(H,27,31)(H,28,29). The van der Waals surface area contributed by atoms with Crippen molar-refractivity contribution in [2.24, 2.45) is 0 Å². The number of carbonyl (C=O) groups is 2. The molecule has 33 heavy (non-hydrogen) atoms. The summed E-state index contributed by atoms with van der Waals surface area (Å²) in [5.74, 6) is 0.798. The number of fused-ring (bicyclic) bond motifs is 3. The highest BCUT2D eigenvalue weighted by atomic mass is 16.5. The molecule has 1 aromatic carbocycles. The van der Waals surface area contributed by atoms with E-state index in [-0.39, 0.29) is 24.1 Å². The van der Waals surface area contributed by atoms with E-state index in [2.05, 4.69) is 20.6 Å². The number of carbonyl (C=O) groups excluding carboxylic acids is 2. The van der Waals surface area contributed by atoms with Crippen molar-refractivity contribution in [1.29, 1.82) is 0 Å². The number of hydrogen-bond acceptors (Lipinski definition) is 6. The van der Waals surface area contributed by atoms with Gasteiger partial charge in [0, 0.05) is 25.5 Å². The molecule has 2 N–H and O–H groups in total. The van der Waals surface area contributed by atoms with Crippen molar-refractivity contribution in [2.75, 3.05) is 25.0 Å². The van der Waals surface area contributed by atoms with E-state index in [0.29, 0.717) is 25.5 Å². The van der Waals surface area contributed by atoms with Crippen LogP contribution in [0.2, 0.25) is 0 Å². The van der Waals surface area contributed by atoms with Crippen LogP contribution >= 0.6 is 0 Å². The van der Waals surface area contributed by atoms with Gasteiger partial charge in [-0.2, -0.15) is 0 Å². The molecule has 2 amide bonds. The molecule has 170 valence electrons. The molecule has 4 rings (SSSR count). The molecule has 8 nitrogen and oxygen atoms in total. The van der Waals surface area contributed by atoms with Gasteiger partial charge in [0.2, 0.25) is 5.91 Å². The van der Waals surface area contributed by atoms with Crippen LogP contribution in [0.5, 0.6) is 5.75 Å². The quantitative estimate of drug-likeness (QED) is 0.638. The third-order valence-corrected chi connectivity index (χ3v) is 5.28. The van der Waals surface area contributed by atoms with Crippen molar-refractivity contribution in [3.63, 3.8) is 0 Å². The molecule has 0 atom stereocenters. The summed E-state index contributed by atoms with van der Waals surface area (Å²) in [6, 6.07) is 16.6. The maximum absolute atomic E-state index is 13.3. The fourth-order valence-corrected chi connectivity index (χ4v) is 3.57. The Bertz CT molecular complexity index is 1090. The van der Waals surface area contributed by atoms with E-state index in [0.717, 1.165) is 36.3 Å². The van der Waals surface area contributed by atoms with Gasteiger partial charge in [-0.25, -0.2) is 4.98 Å². The topological polar surface area (TPSA) is 96.5 Å². The molecule has 0 saturated carbocycles. The minimum atomic E-state index is -0.267. The number of nitrogens with zero attached hydrogens (tertiary/aromatic N) is 3. The van der Waals surface area contributed by atoms with E-state index in [1.807, 2.05) is 36.4 Å². The monoisotopic (exact) mass is 445 g/mol. The Morgan fingerprint density at radius 1 is 1.06 bits per heavy atom. The van der Waals surface area contributed by atoms with Crippen LogP contribution in [0.1, 0.15) is 35.3 Å². The molecule has 3 heterocycles. The summed E-state index contributed by atoms with van der Waals surface area (Å²) < 4.78 is 5.95. The predicted octanol–water partition coefficient (Wildman–Crippen LogP) is 3.54. The molecular formula is C25H27N5O3. The van der Waals surface area contributed by atoms with E-state index in [1.165, 1.54) is 0 Å². The van der Waals surface area contributed by atoms with Gasteiger partial charge < -0.3 is 20.3 Å². The van der Waals surface area contributed by atoms with Crippen molar-refractivity contribution >= 4 is 23.3 Å². The first-order valence-electron chi connectivity index (χ1n) is 11.1. The van der Waals surface area contributed by atoms with Crippen LogP contribution in [0.3, 0.4) is 0 Å². The van der Waals surface area contributed by atoms with Crippen LogP contribution in [0.15, 0.2) is 67.0 Å². The average Bonchev–Trinajstić information content (AvgIpc) is 2.85. The molecule has 0 aliphatic carbocycles. The lowest BCUT2D eigenvalue weighted by molar-refractivity contribution is -0.122. The Morgan fingerprint density at radius 2 is 1.97 bits per heavy atom. The van der Waals surface area contributed by atoms with Crippen LogP contribution in [0.4, 0.5) is 11.5 Å². The Morgan fingerprint density at radius 3 is 2.85 bits per heavy atom. The normalized spacial score (nSPS) is 14.3. The number of pyridine rings is 2. The van der Waals surface area contributed by atoms with E-state index in [9.17, 15) is 9.59 Å². The summed E-state index contributed by atoms with van der Waals surface area (Å²) in [4.78, 5) is 35.9. The predicted molar refractivity (Wildman–Crippen MR) is 125 cm³/mol. The molecule has 0 unspecified atom stereocenters. The van der Waals surface area contributed by atoms with Crippen LogP contribution in [-0.4, -0.2) is 46.4 Å². The van der Waals surface area contributed by atoms with Gasteiger partial charge in [-0.1, -0.05) is 24.3 Å². The SMILES string of the molecule is O=C(CN1CCCCCOc2ccccc2Nc2cccc(n2)C1=O)NCc1cccnc1. The summed E-state index contributed by atoms with van der Waals surface area (Å²) in [5, 5.41) is 6.10. The number of anilines is 2. The summed E-state index contributed by atoms with van der Waals surface area (Å²) in [6.45, 7) is 1.38. The Hall–Kier alpha value is -3.94. The number of amides is 2. The van der Waals surface area contributed by atoms with Crippen molar-refractivity contribution in [3.8, 4) is 5.75 Å². The highest BCUT2D eigenvalue weighted by Crippen LogP contribution is 2.27. The highest BCUT2D eigenvalue weighted by Gasteiger charge is 2.20. The molecular weight excluding hydrogens is 418 g/mol. The van der Waals surface area contributed by atoms with Crippen molar-refractivity contribution in [2.45, 2.75) is 25.8 Å². The van der Waals surface area contributed by atoms with E-state index in [4.69, 9.17) is 4.74 Å². The van der Waals surface area contributed by atoms with Crippen molar-refractivity contribution in [1.82, 2.24) is 20.2 Å². The zero-order chi connectivity index (χ0) is 22.9.